The van der Waals surface area contributed by atoms with Crippen LogP contribution < -0.4 is 0 Å². The van der Waals surface area contributed by atoms with Crippen molar-refractivity contribution in [2.75, 3.05) is 0 Å². The fourth-order valence-electron chi connectivity index (χ4n) is 5.77. The predicted molar refractivity (Wildman–Crippen MR) is 160 cm³/mol. The van der Waals surface area contributed by atoms with Gasteiger partial charge in [0.15, 0.2) is 0 Å². The van der Waals surface area contributed by atoms with Gasteiger partial charge in [0, 0.05) is 32.0 Å². The summed E-state index contributed by atoms with van der Waals surface area (Å²) in [6.07, 6.45) is 0. The van der Waals surface area contributed by atoms with E-state index in [4.69, 9.17) is 11.6 Å². The number of nitrogens with zero attached hydrogens (tertiary/aromatic N) is 1. The Morgan fingerprint density at radius 3 is 1.67 bits per heavy atom. The van der Waals surface area contributed by atoms with E-state index in [1.54, 1.807) is 0 Å². The molecule has 0 spiro atoms. The van der Waals surface area contributed by atoms with Gasteiger partial charge in [-0.1, -0.05) is 86.0 Å². The van der Waals surface area contributed by atoms with E-state index in [2.05, 4.69) is 121 Å². The van der Waals surface area contributed by atoms with Crippen LogP contribution in [0.1, 0.15) is 79.0 Å². The van der Waals surface area contributed by atoms with Crippen LogP contribution >= 0.6 is 11.6 Å². The summed E-state index contributed by atoms with van der Waals surface area (Å²) in [5.74, 6) is 0. The molecule has 184 valence electrons. The van der Waals surface area contributed by atoms with Gasteiger partial charge in [-0.15, -0.1) is 0 Å². The van der Waals surface area contributed by atoms with Crippen LogP contribution in [0.2, 0.25) is 5.02 Å². The predicted octanol–water partition coefficient (Wildman–Crippen LogP) is 10.5. The molecule has 1 nitrogen and oxygen atoms in total. The second kappa shape index (κ2) is 7.17. The lowest BCUT2D eigenvalue weighted by atomic mass is 9.83. The van der Waals surface area contributed by atoms with Crippen molar-refractivity contribution in [3.63, 3.8) is 0 Å². The minimum absolute atomic E-state index is 0.0210. The molecular formula is C34H36ClN. The smallest absolute Gasteiger partial charge is 0.0620 e. The van der Waals surface area contributed by atoms with Gasteiger partial charge in [0.25, 0.3) is 0 Å². The zero-order valence-corrected chi connectivity index (χ0v) is 23.8. The number of benzene rings is 4. The Bertz CT molecular complexity index is 1830. The second-order valence-corrected chi connectivity index (χ2v) is 14.2. The number of fused-ring (bicyclic) bond motifs is 8. The van der Waals surface area contributed by atoms with Crippen molar-refractivity contribution >= 4 is 60.5 Å². The number of aromatic nitrogens is 1. The van der Waals surface area contributed by atoms with Crippen LogP contribution in [0.5, 0.6) is 0 Å². The SMILES string of the molecule is CC(C)(C)c1cc(Cl)c2ccc3c(c2c1)c1cc(C(C)(C)C)cc2c4cc(C(C)(C)C)ccc4n3c21. The largest absolute Gasteiger partial charge is 0.308 e. The van der Waals surface area contributed by atoms with Crippen molar-refractivity contribution in [2.45, 2.75) is 78.6 Å². The molecule has 2 aromatic heterocycles. The summed E-state index contributed by atoms with van der Waals surface area (Å²) in [4.78, 5) is 0. The topological polar surface area (TPSA) is 4.41 Å². The molecule has 0 bridgehead atoms. The fraction of sp³-hybridized carbons (Fsp3) is 0.353. The van der Waals surface area contributed by atoms with Gasteiger partial charge in [-0.05, 0) is 80.8 Å². The Morgan fingerprint density at radius 2 is 1.03 bits per heavy atom. The summed E-state index contributed by atoms with van der Waals surface area (Å²) in [5, 5.41) is 8.54. The maximum Gasteiger partial charge on any atom is 0.0620 e. The Labute approximate surface area is 219 Å². The Hall–Kier alpha value is -2.77. The van der Waals surface area contributed by atoms with E-state index in [0.717, 1.165) is 10.4 Å². The first kappa shape index (κ1) is 23.6. The number of halogens is 1. The van der Waals surface area contributed by atoms with Crippen LogP contribution in [0.25, 0.3) is 48.9 Å². The van der Waals surface area contributed by atoms with Gasteiger partial charge < -0.3 is 4.40 Å². The molecule has 6 aromatic rings. The third-order valence-corrected chi connectivity index (χ3v) is 8.35. The first-order chi connectivity index (χ1) is 16.7. The third kappa shape index (κ3) is 3.28. The van der Waals surface area contributed by atoms with Gasteiger partial charge in [-0.25, -0.2) is 0 Å². The molecule has 0 unspecified atom stereocenters. The van der Waals surface area contributed by atoms with Gasteiger partial charge in [-0.2, -0.15) is 0 Å². The molecule has 0 saturated heterocycles. The maximum atomic E-state index is 6.91. The summed E-state index contributed by atoms with van der Waals surface area (Å²) in [7, 11) is 0. The lowest BCUT2D eigenvalue weighted by Crippen LogP contribution is -2.11. The quantitative estimate of drug-likeness (QED) is 0.198. The third-order valence-electron chi connectivity index (χ3n) is 8.03. The van der Waals surface area contributed by atoms with Gasteiger partial charge in [-0.3, -0.25) is 0 Å². The van der Waals surface area contributed by atoms with Crippen molar-refractivity contribution in [3.05, 3.63) is 76.3 Å². The Kier molecular flexibility index (Phi) is 4.70. The molecule has 0 radical (unpaired) electrons. The minimum Gasteiger partial charge on any atom is -0.308 e. The highest BCUT2D eigenvalue weighted by Crippen LogP contribution is 2.46. The highest BCUT2D eigenvalue weighted by Gasteiger charge is 2.25. The molecule has 0 amide bonds. The van der Waals surface area contributed by atoms with Gasteiger partial charge in [0.1, 0.15) is 0 Å². The molecule has 0 N–H and O–H groups in total. The van der Waals surface area contributed by atoms with Crippen molar-refractivity contribution in [1.82, 2.24) is 4.40 Å². The van der Waals surface area contributed by atoms with E-state index in [0.29, 0.717) is 0 Å². The molecule has 36 heavy (non-hydrogen) atoms. The van der Waals surface area contributed by atoms with Crippen molar-refractivity contribution in [2.24, 2.45) is 0 Å². The Morgan fingerprint density at radius 1 is 0.500 bits per heavy atom. The molecule has 0 fully saturated rings. The van der Waals surface area contributed by atoms with Crippen LogP contribution in [-0.2, 0) is 16.2 Å². The van der Waals surface area contributed by atoms with Crippen molar-refractivity contribution in [3.8, 4) is 0 Å². The summed E-state index contributed by atoms with van der Waals surface area (Å²) < 4.78 is 2.49. The lowest BCUT2D eigenvalue weighted by Gasteiger charge is -2.21. The summed E-state index contributed by atoms with van der Waals surface area (Å²) in [6.45, 7) is 20.6. The highest BCUT2D eigenvalue weighted by molar-refractivity contribution is 6.38. The van der Waals surface area contributed by atoms with Gasteiger partial charge >= 0.3 is 0 Å². The maximum absolute atomic E-state index is 6.91. The van der Waals surface area contributed by atoms with Crippen molar-refractivity contribution in [1.29, 1.82) is 0 Å². The van der Waals surface area contributed by atoms with Crippen molar-refractivity contribution < 1.29 is 0 Å². The normalized spacial score (nSPS) is 13.8. The summed E-state index contributed by atoms with van der Waals surface area (Å²) >= 11 is 6.91. The average Bonchev–Trinajstić information content (AvgIpc) is 3.28. The fourth-order valence-corrected chi connectivity index (χ4v) is 6.05. The zero-order chi connectivity index (χ0) is 25.9. The number of hydrogen-bond donors (Lipinski definition) is 0. The zero-order valence-electron chi connectivity index (χ0n) is 23.0. The molecule has 6 rings (SSSR count). The van der Waals surface area contributed by atoms with Crippen LogP contribution in [0.15, 0.2) is 54.6 Å². The van der Waals surface area contributed by atoms with E-state index < -0.39 is 0 Å². The monoisotopic (exact) mass is 493 g/mol. The molecule has 0 aliphatic rings. The van der Waals surface area contributed by atoms with E-state index in [1.807, 2.05) is 0 Å². The van der Waals surface area contributed by atoms with Crippen LogP contribution in [0, 0.1) is 0 Å². The number of hydrogen-bond acceptors (Lipinski definition) is 0. The molecule has 0 aliphatic carbocycles. The first-order valence-electron chi connectivity index (χ1n) is 13.1. The molecule has 0 saturated carbocycles. The molecular weight excluding hydrogens is 458 g/mol. The van der Waals surface area contributed by atoms with E-state index in [-0.39, 0.29) is 16.2 Å². The van der Waals surface area contributed by atoms with Crippen LogP contribution in [0.4, 0.5) is 0 Å². The van der Waals surface area contributed by atoms with E-state index in [1.165, 1.54) is 60.2 Å². The summed E-state index contributed by atoms with van der Waals surface area (Å²) in [6, 6.07) is 20.9. The van der Waals surface area contributed by atoms with Crippen LogP contribution in [-0.4, -0.2) is 4.40 Å². The molecule has 2 heterocycles. The van der Waals surface area contributed by atoms with E-state index in [9.17, 15) is 0 Å². The van der Waals surface area contributed by atoms with Crippen LogP contribution in [0.3, 0.4) is 0 Å². The van der Waals surface area contributed by atoms with Gasteiger partial charge in [0.2, 0.25) is 0 Å². The Balaban J connectivity index is 1.89. The minimum atomic E-state index is 0.0210. The standard InChI is InChI=1S/C34H36ClN/c1-32(2,3)19-10-12-28-23(14-19)25-16-20(33(4,5)6)17-26-30-24-15-21(34(7,8)9)18-27(35)22(24)11-13-29(30)36(28)31(25)26/h10-18H,1-9H3. The number of rotatable bonds is 0. The van der Waals surface area contributed by atoms with Gasteiger partial charge in [0.05, 0.1) is 16.6 Å². The van der Waals surface area contributed by atoms with E-state index >= 15 is 0 Å². The first-order valence-corrected chi connectivity index (χ1v) is 13.4. The second-order valence-electron chi connectivity index (χ2n) is 13.8. The molecule has 0 atom stereocenters. The molecule has 0 aliphatic heterocycles. The highest BCUT2D eigenvalue weighted by atomic mass is 35.5. The lowest BCUT2D eigenvalue weighted by molar-refractivity contribution is 0.590. The average molecular weight is 494 g/mol. The summed E-state index contributed by atoms with van der Waals surface area (Å²) in [5.41, 5.74) is 8.04. The molecule has 2 heteroatoms. The molecule has 4 aromatic carbocycles.